The second-order valence-electron chi connectivity index (χ2n) is 6.95. The quantitative estimate of drug-likeness (QED) is 0.322. The summed E-state index contributed by atoms with van der Waals surface area (Å²) in [6, 6.07) is 20.2. The van der Waals surface area contributed by atoms with Gasteiger partial charge in [-0.3, -0.25) is 14.0 Å². The molecule has 0 spiro atoms. The van der Waals surface area contributed by atoms with Crippen LogP contribution in [0.2, 0.25) is 5.02 Å². The average Bonchev–Trinajstić information content (AvgIpc) is 2.84. The molecule has 0 fully saturated rings. The van der Waals surface area contributed by atoms with Crippen LogP contribution in [0.15, 0.2) is 83.3 Å². The first-order valence-corrected chi connectivity index (χ1v) is 10.4. The van der Waals surface area contributed by atoms with Gasteiger partial charge in [0.1, 0.15) is 22.9 Å². The van der Waals surface area contributed by atoms with Gasteiger partial charge < -0.3 is 14.8 Å². The Labute approximate surface area is 199 Å². The Morgan fingerprint density at radius 2 is 1.88 bits per heavy atom. The number of aromatic nitrogens is 2. The molecule has 0 saturated heterocycles. The van der Waals surface area contributed by atoms with Crippen molar-refractivity contribution in [1.82, 2.24) is 9.38 Å². The van der Waals surface area contributed by atoms with Gasteiger partial charge in [-0.25, -0.2) is 0 Å². The number of anilines is 1. The fourth-order valence-electron chi connectivity index (χ4n) is 3.15. The number of nitriles is 1. The van der Waals surface area contributed by atoms with Crippen molar-refractivity contribution in [3.63, 3.8) is 0 Å². The maximum absolute atomic E-state index is 13.3. The minimum absolute atomic E-state index is 0.0765. The lowest BCUT2D eigenvalue weighted by Crippen LogP contribution is -2.20. The maximum Gasteiger partial charge on any atom is 0.269 e. The minimum atomic E-state index is -0.717. The van der Waals surface area contributed by atoms with E-state index in [0.29, 0.717) is 27.9 Å². The Morgan fingerprint density at radius 3 is 2.62 bits per heavy atom. The van der Waals surface area contributed by atoms with Gasteiger partial charge >= 0.3 is 0 Å². The highest BCUT2D eigenvalue weighted by Crippen LogP contribution is 2.31. The third-order valence-corrected chi connectivity index (χ3v) is 4.98. The second kappa shape index (κ2) is 9.90. The Balaban J connectivity index is 1.82. The van der Waals surface area contributed by atoms with Gasteiger partial charge in [-0.15, -0.1) is 0 Å². The molecule has 34 heavy (non-hydrogen) atoms. The van der Waals surface area contributed by atoms with E-state index < -0.39 is 11.5 Å². The molecule has 9 heteroatoms. The van der Waals surface area contributed by atoms with Crippen molar-refractivity contribution in [2.45, 2.75) is 0 Å². The summed E-state index contributed by atoms with van der Waals surface area (Å²) in [5.41, 5.74) is -0.181. The van der Waals surface area contributed by atoms with Crippen LogP contribution in [0.3, 0.4) is 0 Å². The molecule has 0 aliphatic carbocycles. The highest BCUT2D eigenvalue weighted by Gasteiger charge is 2.18. The predicted molar refractivity (Wildman–Crippen MR) is 128 cm³/mol. The highest BCUT2D eigenvalue weighted by molar-refractivity contribution is 6.31. The third-order valence-electron chi connectivity index (χ3n) is 4.75. The lowest BCUT2D eigenvalue weighted by Gasteiger charge is -2.12. The number of carbonyl (C=O) groups excluding carboxylic acids is 1. The Kier molecular flexibility index (Phi) is 6.57. The molecule has 8 nitrogen and oxygen atoms in total. The number of hydrogen-bond acceptors (Lipinski definition) is 6. The Morgan fingerprint density at radius 1 is 1.12 bits per heavy atom. The van der Waals surface area contributed by atoms with E-state index in [4.69, 9.17) is 21.1 Å². The van der Waals surface area contributed by atoms with Crippen molar-refractivity contribution in [3.8, 4) is 23.4 Å². The standard InChI is InChI=1S/C25H17ClN4O4/c1-33-20-9-2-3-10-21(20)34-24-19(25(32)30-12-5-4-11-22(30)29-24)13-16(15-27)23(31)28-18-8-6-7-17(26)14-18/h2-14H,1H3,(H,28,31)/b16-13-. The summed E-state index contributed by atoms with van der Waals surface area (Å²) < 4.78 is 12.5. The van der Waals surface area contributed by atoms with E-state index in [1.165, 1.54) is 23.8 Å². The van der Waals surface area contributed by atoms with Crippen LogP contribution in [0.5, 0.6) is 17.4 Å². The molecule has 2 heterocycles. The number of hydrogen-bond donors (Lipinski definition) is 1. The van der Waals surface area contributed by atoms with Crippen LogP contribution in [0, 0.1) is 11.3 Å². The molecular weight excluding hydrogens is 456 g/mol. The number of halogens is 1. The van der Waals surface area contributed by atoms with Crippen LogP contribution in [0.4, 0.5) is 5.69 Å². The number of para-hydroxylation sites is 2. The first-order chi connectivity index (χ1) is 16.5. The van der Waals surface area contributed by atoms with E-state index in [1.54, 1.807) is 60.7 Å². The number of nitrogens with zero attached hydrogens (tertiary/aromatic N) is 3. The van der Waals surface area contributed by atoms with Gasteiger partial charge in [0.05, 0.1) is 7.11 Å². The first kappa shape index (κ1) is 22.6. The number of pyridine rings is 1. The molecule has 0 radical (unpaired) electrons. The zero-order valence-electron chi connectivity index (χ0n) is 17.9. The van der Waals surface area contributed by atoms with Gasteiger partial charge in [-0.1, -0.05) is 35.9 Å². The van der Waals surface area contributed by atoms with Crippen molar-refractivity contribution >= 4 is 34.9 Å². The molecule has 1 amide bonds. The molecule has 0 unspecified atom stereocenters. The lowest BCUT2D eigenvalue weighted by atomic mass is 10.1. The highest BCUT2D eigenvalue weighted by atomic mass is 35.5. The SMILES string of the molecule is COc1ccccc1Oc1nc2ccccn2c(=O)c1/C=C(/C#N)C(=O)Nc1cccc(Cl)c1. The fraction of sp³-hybridized carbons (Fsp3) is 0.0400. The molecule has 4 aromatic rings. The number of nitrogens with one attached hydrogen (secondary N) is 1. The summed E-state index contributed by atoms with van der Waals surface area (Å²) in [6.07, 6.45) is 2.69. The maximum atomic E-state index is 13.3. The molecule has 0 aliphatic rings. The van der Waals surface area contributed by atoms with Crippen LogP contribution in [0.25, 0.3) is 11.7 Å². The number of ether oxygens (including phenoxy) is 2. The van der Waals surface area contributed by atoms with E-state index >= 15 is 0 Å². The molecule has 168 valence electrons. The summed E-state index contributed by atoms with van der Waals surface area (Å²) in [4.78, 5) is 30.5. The summed E-state index contributed by atoms with van der Waals surface area (Å²) in [7, 11) is 1.49. The number of amides is 1. The number of benzene rings is 2. The number of methoxy groups -OCH3 is 1. The van der Waals surface area contributed by atoms with Crippen LogP contribution < -0.4 is 20.3 Å². The van der Waals surface area contributed by atoms with Gasteiger partial charge in [-0.05, 0) is 48.5 Å². The second-order valence-corrected chi connectivity index (χ2v) is 7.39. The topological polar surface area (TPSA) is 106 Å². The molecule has 0 saturated carbocycles. The normalized spacial score (nSPS) is 11.0. The van der Waals surface area contributed by atoms with Crippen molar-refractivity contribution in [2.24, 2.45) is 0 Å². The summed E-state index contributed by atoms with van der Waals surface area (Å²) >= 11 is 5.96. The molecule has 0 aliphatic heterocycles. The first-order valence-electron chi connectivity index (χ1n) is 10.0. The zero-order chi connectivity index (χ0) is 24.1. The summed E-state index contributed by atoms with van der Waals surface area (Å²) in [5, 5.41) is 12.7. The van der Waals surface area contributed by atoms with Crippen LogP contribution in [0.1, 0.15) is 5.56 Å². The van der Waals surface area contributed by atoms with Crippen LogP contribution in [-0.4, -0.2) is 22.4 Å². The van der Waals surface area contributed by atoms with Gasteiger partial charge in [0.15, 0.2) is 11.5 Å². The van der Waals surface area contributed by atoms with Crippen molar-refractivity contribution in [2.75, 3.05) is 12.4 Å². The van der Waals surface area contributed by atoms with Crippen LogP contribution in [-0.2, 0) is 4.79 Å². The van der Waals surface area contributed by atoms with E-state index in [2.05, 4.69) is 10.3 Å². The molecule has 2 aromatic carbocycles. The van der Waals surface area contributed by atoms with E-state index in [9.17, 15) is 14.9 Å². The van der Waals surface area contributed by atoms with Gasteiger partial charge in [0.2, 0.25) is 5.88 Å². The summed E-state index contributed by atoms with van der Waals surface area (Å²) in [6.45, 7) is 0. The molecule has 0 bridgehead atoms. The number of fused-ring (bicyclic) bond motifs is 1. The fourth-order valence-corrected chi connectivity index (χ4v) is 3.34. The van der Waals surface area contributed by atoms with E-state index in [-0.39, 0.29) is 17.0 Å². The molecular formula is C25H17ClN4O4. The van der Waals surface area contributed by atoms with Crippen molar-refractivity contribution < 1.29 is 14.3 Å². The molecule has 2 aromatic heterocycles. The van der Waals surface area contributed by atoms with Crippen molar-refractivity contribution in [3.05, 3.63) is 99.4 Å². The summed E-state index contributed by atoms with van der Waals surface area (Å²) in [5.74, 6) is -0.0602. The van der Waals surface area contributed by atoms with E-state index in [0.717, 1.165) is 6.08 Å². The molecule has 1 N–H and O–H groups in total. The van der Waals surface area contributed by atoms with Crippen molar-refractivity contribution in [1.29, 1.82) is 5.26 Å². The predicted octanol–water partition coefficient (Wildman–Crippen LogP) is 4.69. The smallest absolute Gasteiger partial charge is 0.269 e. The molecule has 4 rings (SSSR count). The van der Waals surface area contributed by atoms with Gasteiger partial charge in [0, 0.05) is 16.9 Å². The van der Waals surface area contributed by atoms with E-state index in [1.807, 2.05) is 6.07 Å². The average molecular weight is 473 g/mol. The minimum Gasteiger partial charge on any atom is -0.493 e. The Hall–Kier alpha value is -4.61. The third kappa shape index (κ3) is 4.75. The number of rotatable bonds is 6. The van der Waals surface area contributed by atoms with Gasteiger partial charge in [-0.2, -0.15) is 10.2 Å². The Bertz CT molecular complexity index is 1520. The van der Waals surface area contributed by atoms with Crippen LogP contribution >= 0.6 is 11.6 Å². The van der Waals surface area contributed by atoms with Gasteiger partial charge in [0.25, 0.3) is 11.5 Å². The number of carbonyl (C=O) groups is 1. The monoisotopic (exact) mass is 472 g/mol. The largest absolute Gasteiger partial charge is 0.493 e. The lowest BCUT2D eigenvalue weighted by molar-refractivity contribution is -0.112. The zero-order valence-corrected chi connectivity index (χ0v) is 18.6. The molecule has 0 atom stereocenters.